The third-order valence-electron chi connectivity index (χ3n) is 5.99. The number of halogens is 2. The lowest BCUT2D eigenvalue weighted by Gasteiger charge is -2.43. The number of aliphatic hydroxyl groups excluding tert-OH is 1. The fraction of sp³-hybridized carbons (Fsp3) is 0.600. The minimum Gasteiger partial charge on any atom is -0.391 e. The van der Waals surface area contributed by atoms with Gasteiger partial charge in [-0.05, 0) is 31.0 Å². The van der Waals surface area contributed by atoms with Gasteiger partial charge in [0.1, 0.15) is 0 Å². The number of nitrogens with zero attached hydrogens (tertiary/aromatic N) is 4. The number of aromatic nitrogens is 2. The van der Waals surface area contributed by atoms with E-state index in [0.29, 0.717) is 10.9 Å². The summed E-state index contributed by atoms with van der Waals surface area (Å²) < 4.78 is 26.1. The van der Waals surface area contributed by atoms with Crippen molar-refractivity contribution >= 4 is 16.6 Å². The van der Waals surface area contributed by atoms with Crippen LogP contribution in [-0.4, -0.2) is 64.3 Å². The molecule has 2 unspecified atom stereocenters. The Hall–Kier alpha value is -2.06. The minimum atomic E-state index is -2.59. The van der Waals surface area contributed by atoms with Crippen molar-refractivity contribution in [1.29, 1.82) is 0 Å². The number of benzene rings is 1. The normalized spacial score (nSPS) is 24.2. The predicted octanol–water partition coefficient (Wildman–Crippen LogP) is 2.09. The summed E-state index contributed by atoms with van der Waals surface area (Å²) in [5.74, 6) is 0. The van der Waals surface area contributed by atoms with Gasteiger partial charge in [-0.2, -0.15) is 0 Å². The smallest absolute Gasteiger partial charge is 0.261 e. The van der Waals surface area contributed by atoms with Crippen LogP contribution in [0.3, 0.4) is 0 Å². The van der Waals surface area contributed by atoms with E-state index in [1.54, 1.807) is 6.07 Å². The van der Waals surface area contributed by atoms with E-state index >= 15 is 0 Å². The maximum Gasteiger partial charge on any atom is 0.261 e. The molecule has 2 atom stereocenters. The second-order valence-corrected chi connectivity index (χ2v) is 7.74. The Morgan fingerprint density at radius 2 is 1.89 bits per heavy atom. The van der Waals surface area contributed by atoms with Gasteiger partial charge >= 0.3 is 0 Å². The number of rotatable bonds is 4. The maximum atomic E-state index is 12.6. The summed E-state index contributed by atoms with van der Waals surface area (Å²) in [5, 5.41) is 10.6. The molecule has 0 radical (unpaired) electrons. The van der Waals surface area contributed by atoms with Crippen LogP contribution in [0.1, 0.15) is 25.7 Å². The lowest BCUT2D eigenvalue weighted by molar-refractivity contribution is 0.0173. The minimum absolute atomic E-state index is 0.222. The van der Waals surface area contributed by atoms with E-state index in [2.05, 4.69) is 14.8 Å². The third kappa shape index (κ3) is 3.89. The van der Waals surface area contributed by atoms with E-state index in [0.717, 1.165) is 55.7 Å². The van der Waals surface area contributed by atoms with Gasteiger partial charge in [0.05, 0.1) is 29.9 Å². The highest BCUT2D eigenvalue weighted by Gasteiger charge is 2.31. The first-order valence-corrected chi connectivity index (χ1v) is 9.97. The van der Waals surface area contributed by atoms with Crippen LogP contribution >= 0.6 is 0 Å². The molecule has 0 spiro atoms. The first-order valence-electron chi connectivity index (χ1n) is 9.97. The summed E-state index contributed by atoms with van der Waals surface area (Å²) in [4.78, 5) is 21.2. The molecule has 2 aliphatic rings. The lowest BCUT2D eigenvalue weighted by Crippen LogP contribution is -2.54. The van der Waals surface area contributed by atoms with Crippen molar-refractivity contribution in [3.05, 3.63) is 34.9 Å². The zero-order valence-electron chi connectivity index (χ0n) is 15.8. The highest BCUT2D eigenvalue weighted by atomic mass is 19.3. The Balaban J connectivity index is 1.47. The largest absolute Gasteiger partial charge is 0.391 e. The van der Waals surface area contributed by atoms with Gasteiger partial charge in [-0.15, -0.1) is 0 Å². The number of hydrogen-bond donors (Lipinski definition) is 1. The topological polar surface area (TPSA) is 61.6 Å². The second-order valence-electron chi connectivity index (χ2n) is 7.74. The molecule has 1 saturated carbocycles. The average molecular weight is 392 g/mol. The van der Waals surface area contributed by atoms with Crippen molar-refractivity contribution in [2.45, 2.75) is 50.8 Å². The number of anilines is 1. The average Bonchev–Trinajstić information content (AvgIpc) is 2.70. The van der Waals surface area contributed by atoms with E-state index in [1.165, 1.54) is 12.7 Å². The van der Waals surface area contributed by atoms with Crippen molar-refractivity contribution in [3.8, 4) is 0 Å². The van der Waals surface area contributed by atoms with Crippen LogP contribution in [0.4, 0.5) is 14.5 Å². The monoisotopic (exact) mass is 392 g/mol. The van der Waals surface area contributed by atoms with Crippen LogP contribution in [0.25, 0.3) is 10.9 Å². The number of hydrogen-bond acceptors (Lipinski definition) is 5. The molecule has 8 heteroatoms. The SMILES string of the molecule is O=c1c2ccc(N3CCN(C4CCCCC4O)CC3)cc2ncn1CC(F)F. The van der Waals surface area contributed by atoms with E-state index in [1.807, 2.05) is 12.1 Å². The molecule has 1 aromatic heterocycles. The van der Waals surface area contributed by atoms with Crippen LogP contribution in [0.15, 0.2) is 29.3 Å². The van der Waals surface area contributed by atoms with E-state index in [4.69, 9.17) is 0 Å². The van der Waals surface area contributed by atoms with Crippen LogP contribution in [0, 0.1) is 0 Å². The maximum absolute atomic E-state index is 12.6. The molecule has 1 aromatic carbocycles. The number of alkyl halides is 2. The van der Waals surface area contributed by atoms with E-state index in [-0.39, 0.29) is 12.1 Å². The van der Waals surface area contributed by atoms with E-state index in [9.17, 15) is 18.7 Å². The molecular weight excluding hydrogens is 366 g/mol. The molecule has 0 bridgehead atoms. The highest BCUT2D eigenvalue weighted by Crippen LogP contribution is 2.26. The summed E-state index contributed by atoms with van der Waals surface area (Å²) in [6.45, 7) is 2.83. The first-order chi connectivity index (χ1) is 13.5. The standard InChI is InChI=1S/C20H26F2N4O2/c21-19(22)12-26-13-23-16-11-14(5-6-15(16)20(26)28)24-7-9-25(10-8-24)17-3-1-2-4-18(17)27/h5-6,11,13,17-19,27H,1-4,7-10,12H2. The lowest BCUT2D eigenvalue weighted by atomic mass is 9.91. The molecule has 0 amide bonds. The first kappa shape index (κ1) is 19.3. The van der Waals surface area contributed by atoms with Gasteiger partial charge in [-0.3, -0.25) is 14.3 Å². The van der Waals surface area contributed by atoms with Gasteiger partial charge in [0.25, 0.3) is 12.0 Å². The van der Waals surface area contributed by atoms with Crippen LogP contribution in [0.2, 0.25) is 0 Å². The molecule has 4 rings (SSSR count). The fourth-order valence-electron chi connectivity index (χ4n) is 4.45. The molecule has 1 aliphatic heterocycles. The zero-order valence-corrected chi connectivity index (χ0v) is 15.8. The van der Waals surface area contributed by atoms with E-state index < -0.39 is 18.5 Å². The Morgan fingerprint density at radius 1 is 1.14 bits per heavy atom. The Morgan fingerprint density at radius 3 is 2.61 bits per heavy atom. The summed E-state index contributed by atoms with van der Waals surface area (Å²) in [7, 11) is 0. The molecule has 152 valence electrons. The van der Waals surface area contributed by atoms with Crippen molar-refractivity contribution in [2.75, 3.05) is 31.1 Å². The summed E-state index contributed by atoms with van der Waals surface area (Å²) in [5.41, 5.74) is 1.07. The van der Waals surface area contributed by atoms with Crippen LogP contribution in [0.5, 0.6) is 0 Å². The molecule has 1 saturated heterocycles. The van der Waals surface area contributed by atoms with Crippen LogP contribution in [-0.2, 0) is 6.54 Å². The number of piperazine rings is 1. The van der Waals surface area contributed by atoms with Gasteiger partial charge in [0.2, 0.25) is 0 Å². The van der Waals surface area contributed by atoms with Gasteiger partial charge in [0, 0.05) is 37.9 Å². The van der Waals surface area contributed by atoms with Crippen LogP contribution < -0.4 is 10.5 Å². The second kappa shape index (κ2) is 8.13. The molecular formula is C20H26F2N4O2. The Bertz CT molecular complexity index is 880. The van der Waals surface area contributed by atoms with Gasteiger partial charge in [-0.1, -0.05) is 12.8 Å². The highest BCUT2D eigenvalue weighted by molar-refractivity contribution is 5.81. The molecule has 2 fully saturated rings. The molecule has 1 N–H and O–H groups in total. The molecule has 2 heterocycles. The molecule has 6 nitrogen and oxygen atoms in total. The summed E-state index contributed by atoms with van der Waals surface area (Å²) in [6, 6.07) is 5.67. The Labute approximate surface area is 162 Å². The molecule has 2 aromatic rings. The van der Waals surface area contributed by atoms with Gasteiger partial charge < -0.3 is 10.0 Å². The fourth-order valence-corrected chi connectivity index (χ4v) is 4.45. The van der Waals surface area contributed by atoms with Crippen molar-refractivity contribution in [3.63, 3.8) is 0 Å². The number of fused-ring (bicyclic) bond motifs is 1. The Kier molecular flexibility index (Phi) is 5.59. The molecule has 28 heavy (non-hydrogen) atoms. The molecule has 1 aliphatic carbocycles. The van der Waals surface area contributed by atoms with Gasteiger partial charge in [-0.25, -0.2) is 13.8 Å². The van der Waals surface area contributed by atoms with Crippen molar-refractivity contribution in [1.82, 2.24) is 14.5 Å². The predicted molar refractivity (Wildman–Crippen MR) is 104 cm³/mol. The van der Waals surface area contributed by atoms with Gasteiger partial charge in [0.15, 0.2) is 0 Å². The summed E-state index contributed by atoms with van der Waals surface area (Å²) >= 11 is 0. The third-order valence-corrected chi connectivity index (χ3v) is 5.99. The summed E-state index contributed by atoms with van der Waals surface area (Å²) in [6.07, 6.45) is 2.64. The van der Waals surface area contributed by atoms with Crippen molar-refractivity contribution < 1.29 is 13.9 Å². The zero-order chi connectivity index (χ0) is 19.7. The number of aliphatic hydroxyl groups is 1. The van der Waals surface area contributed by atoms with Crippen molar-refractivity contribution in [2.24, 2.45) is 0 Å². The quantitative estimate of drug-likeness (QED) is 0.863.